The summed E-state index contributed by atoms with van der Waals surface area (Å²) in [6.45, 7) is 5.23. The number of unbranched alkanes of at least 4 members (excludes halogenated alkanes) is 1. The summed E-state index contributed by atoms with van der Waals surface area (Å²) < 4.78 is 6.85. The van der Waals surface area contributed by atoms with Crippen molar-refractivity contribution in [2.75, 3.05) is 18.5 Å². The molecule has 7 heteroatoms. The maximum atomic E-state index is 11.8. The predicted molar refractivity (Wildman–Crippen MR) is 106 cm³/mol. The van der Waals surface area contributed by atoms with E-state index in [9.17, 15) is 4.79 Å². The van der Waals surface area contributed by atoms with Gasteiger partial charge in [-0.3, -0.25) is 10.3 Å². The summed E-state index contributed by atoms with van der Waals surface area (Å²) in [6, 6.07) is 9.45. The lowest BCUT2D eigenvalue weighted by atomic mass is 10.1. The molecule has 2 aromatic heterocycles. The van der Waals surface area contributed by atoms with Crippen LogP contribution in [-0.4, -0.2) is 29.2 Å². The van der Waals surface area contributed by atoms with E-state index >= 15 is 0 Å². The lowest BCUT2D eigenvalue weighted by Crippen LogP contribution is -2.28. The van der Waals surface area contributed by atoms with Gasteiger partial charge >= 0.3 is 6.03 Å². The minimum Gasteiger partial charge on any atom is -0.493 e. The Morgan fingerprint density at radius 1 is 1.27 bits per heavy atom. The molecule has 0 radical (unpaired) electrons. The largest absolute Gasteiger partial charge is 0.493 e. The molecule has 136 valence electrons. The Labute approximate surface area is 156 Å². The Morgan fingerprint density at radius 2 is 2.15 bits per heavy atom. The van der Waals surface area contributed by atoms with Crippen molar-refractivity contribution in [1.82, 2.24) is 15.3 Å². The second-order valence-corrected chi connectivity index (χ2v) is 6.74. The third-order valence-electron chi connectivity index (χ3n) is 3.73. The van der Waals surface area contributed by atoms with Gasteiger partial charge in [0.05, 0.1) is 22.5 Å². The van der Waals surface area contributed by atoms with Gasteiger partial charge in [0.2, 0.25) is 0 Å². The number of nitrogens with one attached hydrogen (secondary N) is 2. The molecule has 0 aliphatic carbocycles. The summed E-state index contributed by atoms with van der Waals surface area (Å²) in [6.07, 6.45) is 3.84. The molecule has 26 heavy (non-hydrogen) atoms. The minimum atomic E-state index is -0.259. The van der Waals surface area contributed by atoms with Gasteiger partial charge < -0.3 is 10.1 Å². The number of hydrogen-bond acceptors (Lipinski definition) is 5. The highest BCUT2D eigenvalue weighted by atomic mass is 32.1. The Balaban J connectivity index is 2.00. The molecular weight excluding hydrogens is 348 g/mol. The lowest BCUT2D eigenvalue weighted by Gasteiger charge is -2.08. The molecule has 0 aliphatic heterocycles. The van der Waals surface area contributed by atoms with Gasteiger partial charge in [0.25, 0.3) is 0 Å². The molecule has 6 nitrogen and oxygen atoms in total. The number of urea groups is 1. The predicted octanol–water partition coefficient (Wildman–Crippen LogP) is 4.68. The molecule has 0 saturated heterocycles. The fourth-order valence-corrected chi connectivity index (χ4v) is 3.46. The van der Waals surface area contributed by atoms with Crippen LogP contribution in [0, 0.1) is 0 Å². The lowest BCUT2D eigenvalue weighted by molar-refractivity contribution is 0.252. The third kappa shape index (κ3) is 4.29. The maximum absolute atomic E-state index is 11.8. The van der Waals surface area contributed by atoms with Crippen LogP contribution < -0.4 is 15.4 Å². The summed E-state index contributed by atoms with van der Waals surface area (Å²) in [5, 5.41) is 6.04. The highest BCUT2D eigenvalue weighted by Gasteiger charge is 2.14. The van der Waals surface area contributed by atoms with Crippen LogP contribution in [0.1, 0.15) is 26.7 Å². The molecule has 2 N–H and O–H groups in total. The van der Waals surface area contributed by atoms with Crippen molar-refractivity contribution in [3.63, 3.8) is 0 Å². The van der Waals surface area contributed by atoms with Crippen LogP contribution in [0.3, 0.4) is 0 Å². The average Bonchev–Trinajstić information content (AvgIpc) is 3.04. The first-order valence-corrected chi connectivity index (χ1v) is 9.56. The standard InChI is InChI=1S/C19H22N4O2S/c1-3-5-10-25-13-11-14(15-8-6-7-9-21-15)17-16(12-13)22-19(26-17)23-18(24)20-4-2/h6-9,11-12H,3-5,10H2,1-2H3,(H2,20,22,23,24). The topological polar surface area (TPSA) is 76.1 Å². The summed E-state index contributed by atoms with van der Waals surface area (Å²) >= 11 is 1.43. The summed E-state index contributed by atoms with van der Waals surface area (Å²) in [4.78, 5) is 20.8. The van der Waals surface area contributed by atoms with E-state index in [1.165, 1.54) is 11.3 Å². The van der Waals surface area contributed by atoms with Gasteiger partial charge in [0, 0.05) is 24.4 Å². The van der Waals surface area contributed by atoms with Crippen LogP contribution in [0.25, 0.3) is 21.5 Å². The summed E-state index contributed by atoms with van der Waals surface area (Å²) in [5.41, 5.74) is 2.60. The van der Waals surface area contributed by atoms with Gasteiger partial charge in [-0.25, -0.2) is 9.78 Å². The zero-order valence-corrected chi connectivity index (χ0v) is 15.7. The molecule has 0 atom stereocenters. The fraction of sp³-hybridized carbons (Fsp3) is 0.316. The second kappa shape index (κ2) is 8.62. The number of ether oxygens (including phenoxy) is 1. The molecular formula is C19H22N4O2S. The normalized spacial score (nSPS) is 10.7. The molecule has 0 bridgehead atoms. The Hall–Kier alpha value is -2.67. The van der Waals surface area contributed by atoms with Gasteiger partial charge in [-0.15, -0.1) is 0 Å². The molecule has 0 spiro atoms. The Kier molecular flexibility index (Phi) is 6.01. The van der Waals surface area contributed by atoms with E-state index in [2.05, 4.69) is 27.5 Å². The van der Waals surface area contributed by atoms with Gasteiger partial charge in [0.15, 0.2) is 5.13 Å². The highest BCUT2D eigenvalue weighted by molar-refractivity contribution is 7.22. The number of hydrogen-bond donors (Lipinski definition) is 2. The van der Waals surface area contributed by atoms with E-state index in [1.807, 2.05) is 37.3 Å². The first-order valence-electron chi connectivity index (χ1n) is 8.75. The molecule has 0 saturated carbocycles. The van der Waals surface area contributed by atoms with Gasteiger partial charge in [0.1, 0.15) is 5.75 Å². The van der Waals surface area contributed by atoms with Crippen molar-refractivity contribution >= 4 is 32.7 Å². The van der Waals surface area contributed by atoms with Crippen LogP contribution in [0.15, 0.2) is 36.5 Å². The highest BCUT2D eigenvalue weighted by Crippen LogP contribution is 2.37. The van der Waals surface area contributed by atoms with Crippen molar-refractivity contribution in [2.45, 2.75) is 26.7 Å². The number of nitrogens with zero attached hydrogens (tertiary/aromatic N) is 2. The first kappa shape index (κ1) is 18.1. The smallest absolute Gasteiger partial charge is 0.321 e. The van der Waals surface area contributed by atoms with Crippen LogP contribution in [0.2, 0.25) is 0 Å². The van der Waals surface area contributed by atoms with Crippen molar-refractivity contribution in [3.8, 4) is 17.0 Å². The maximum Gasteiger partial charge on any atom is 0.321 e. The monoisotopic (exact) mass is 370 g/mol. The second-order valence-electron chi connectivity index (χ2n) is 5.74. The Morgan fingerprint density at radius 3 is 2.88 bits per heavy atom. The minimum absolute atomic E-state index is 0.259. The van der Waals surface area contributed by atoms with E-state index in [4.69, 9.17) is 4.74 Å². The van der Waals surface area contributed by atoms with Crippen molar-refractivity contribution in [1.29, 1.82) is 0 Å². The van der Waals surface area contributed by atoms with E-state index < -0.39 is 0 Å². The molecule has 3 aromatic rings. The Bertz CT molecular complexity index is 880. The zero-order valence-electron chi connectivity index (χ0n) is 14.9. The van der Waals surface area contributed by atoms with Gasteiger partial charge in [-0.05, 0) is 31.5 Å². The molecule has 1 aromatic carbocycles. The fourth-order valence-electron chi connectivity index (χ4n) is 2.49. The third-order valence-corrected chi connectivity index (χ3v) is 4.75. The van der Waals surface area contributed by atoms with Gasteiger partial charge in [-0.2, -0.15) is 0 Å². The number of anilines is 1. The SMILES string of the molecule is CCCCOc1cc(-c2ccccn2)c2sc(NC(=O)NCC)nc2c1. The van der Waals surface area contributed by atoms with E-state index in [-0.39, 0.29) is 6.03 Å². The van der Waals surface area contributed by atoms with Crippen molar-refractivity contribution in [3.05, 3.63) is 36.5 Å². The number of carbonyl (C=O) groups excluding carboxylic acids is 1. The number of aromatic nitrogens is 2. The molecule has 0 fully saturated rings. The molecule has 3 rings (SSSR count). The molecule has 0 aliphatic rings. The van der Waals surface area contributed by atoms with Crippen molar-refractivity contribution < 1.29 is 9.53 Å². The van der Waals surface area contributed by atoms with E-state index in [0.717, 1.165) is 40.1 Å². The number of rotatable bonds is 7. The number of pyridine rings is 1. The van der Waals surface area contributed by atoms with Crippen molar-refractivity contribution in [2.24, 2.45) is 0 Å². The van der Waals surface area contributed by atoms with Crippen LogP contribution in [0.4, 0.5) is 9.93 Å². The molecule has 2 amide bonds. The van der Waals surface area contributed by atoms with Gasteiger partial charge in [-0.1, -0.05) is 30.7 Å². The molecule has 0 unspecified atom stereocenters. The van der Waals surface area contributed by atoms with Crippen LogP contribution in [0.5, 0.6) is 5.75 Å². The first-order chi connectivity index (χ1) is 12.7. The van der Waals surface area contributed by atoms with Crippen LogP contribution >= 0.6 is 11.3 Å². The quantitative estimate of drug-likeness (QED) is 0.592. The number of fused-ring (bicyclic) bond motifs is 1. The van der Waals surface area contributed by atoms with E-state index in [0.29, 0.717) is 18.3 Å². The number of amides is 2. The number of carbonyl (C=O) groups is 1. The number of benzene rings is 1. The summed E-state index contributed by atoms with van der Waals surface area (Å²) in [5.74, 6) is 0.765. The van der Waals surface area contributed by atoms with Crippen LogP contribution in [-0.2, 0) is 0 Å². The molecule has 2 heterocycles. The van der Waals surface area contributed by atoms with E-state index in [1.54, 1.807) is 6.20 Å². The zero-order chi connectivity index (χ0) is 18.4. The average molecular weight is 370 g/mol. The summed E-state index contributed by atoms with van der Waals surface area (Å²) in [7, 11) is 0. The number of thiazole rings is 1.